The SMILES string of the molecule is CCC(CC)N(CCO)C(=O)N1CCOC(C(=O)O)C1. The summed E-state index contributed by atoms with van der Waals surface area (Å²) in [5, 5.41) is 18.1. The van der Waals surface area contributed by atoms with Gasteiger partial charge in [0.2, 0.25) is 0 Å². The molecule has 1 saturated heterocycles. The Kier molecular flexibility index (Phi) is 6.74. The van der Waals surface area contributed by atoms with Gasteiger partial charge in [-0.2, -0.15) is 0 Å². The maximum atomic E-state index is 12.5. The van der Waals surface area contributed by atoms with Gasteiger partial charge in [0.05, 0.1) is 19.8 Å². The summed E-state index contributed by atoms with van der Waals surface area (Å²) in [7, 11) is 0. The molecule has 1 aliphatic rings. The van der Waals surface area contributed by atoms with Gasteiger partial charge in [-0.3, -0.25) is 0 Å². The standard InChI is InChI=1S/C13H24N2O5/c1-3-10(4-2)15(5-7-16)13(19)14-6-8-20-11(9-14)12(17)18/h10-11,16H,3-9H2,1-2H3,(H,17,18). The van der Waals surface area contributed by atoms with Crippen molar-refractivity contribution in [2.24, 2.45) is 0 Å². The van der Waals surface area contributed by atoms with Crippen molar-refractivity contribution in [3.05, 3.63) is 0 Å². The third-order valence-corrected chi connectivity index (χ3v) is 3.58. The van der Waals surface area contributed by atoms with Gasteiger partial charge < -0.3 is 24.7 Å². The lowest BCUT2D eigenvalue weighted by Gasteiger charge is -2.38. The fraction of sp³-hybridized carbons (Fsp3) is 0.846. The molecule has 0 saturated carbocycles. The van der Waals surface area contributed by atoms with Crippen LogP contribution >= 0.6 is 0 Å². The lowest BCUT2D eigenvalue weighted by Crippen LogP contribution is -2.55. The molecule has 0 bridgehead atoms. The Bertz CT molecular complexity index is 333. The van der Waals surface area contributed by atoms with Gasteiger partial charge in [-0.25, -0.2) is 9.59 Å². The number of carbonyl (C=O) groups excluding carboxylic acids is 1. The number of rotatable bonds is 6. The van der Waals surface area contributed by atoms with Gasteiger partial charge in [-0.1, -0.05) is 13.8 Å². The number of carboxylic acid groups (broad SMARTS) is 1. The minimum atomic E-state index is -1.06. The van der Waals surface area contributed by atoms with E-state index in [4.69, 9.17) is 14.9 Å². The highest BCUT2D eigenvalue weighted by Crippen LogP contribution is 2.14. The van der Waals surface area contributed by atoms with Gasteiger partial charge in [0, 0.05) is 19.1 Å². The molecule has 1 rings (SSSR count). The molecule has 7 heteroatoms. The molecule has 0 aromatic heterocycles. The summed E-state index contributed by atoms with van der Waals surface area (Å²) in [5.41, 5.74) is 0. The second-order valence-corrected chi connectivity index (χ2v) is 4.81. The molecule has 0 aromatic carbocycles. The molecule has 1 fully saturated rings. The molecule has 1 atom stereocenters. The number of nitrogens with zero attached hydrogens (tertiary/aromatic N) is 2. The zero-order chi connectivity index (χ0) is 15.1. The molecule has 1 unspecified atom stereocenters. The third-order valence-electron chi connectivity index (χ3n) is 3.58. The van der Waals surface area contributed by atoms with E-state index in [1.54, 1.807) is 4.90 Å². The van der Waals surface area contributed by atoms with Crippen LogP contribution in [0.1, 0.15) is 26.7 Å². The predicted molar refractivity (Wildman–Crippen MR) is 72.5 cm³/mol. The van der Waals surface area contributed by atoms with Gasteiger partial charge in [-0.05, 0) is 12.8 Å². The van der Waals surface area contributed by atoms with Crippen LogP contribution in [0.5, 0.6) is 0 Å². The number of hydrogen-bond acceptors (Lipinski definition) is 4. The number of morpholine rings is 1. The summed E-state index contributed by atoms with van der Waals surface area (Å²) < 4.78 is 5.11. The van der Waals surface area contributed by atoms with Crippen LogP contribution < -0.4 is 0 Å². The summed E-state index contributed by atoms with van der Waals surface area (Å²) in [4.78, 5) is 26.6. The van der Waals surface area contributed by atoms with Crippen LogP contribution in [0.4, 0.5) is 4.79 Å². The van der Waals surface area contributed by atoms with E-state index in [1.807, 2.05) is 13.8 Å². The molecule has 1 heterocycles. The molecule has 1 aliphatic heterocycles. The third kappa shape index (κ3) is 4.08. The number of carbonyl (C=O) groups is 2. The quantitative estimate of drug-likeness (QED) is 0.737. The van der Waals surface area contributed by atoms with Crippen molar-refractivity contribution in [1.82, 2.24) is 9.80 Å². The monoisotopic (exact) mass is 288 g/mol. The minimum absolute atomic E-state index is 0.0518. The topological polar surface area (TPSA) is 90.3 Å². The van der Waals surface area contributed by atoms with Crippen LogP contribution in [-0.4, -0.2) is 77.0 Å². The van der Waals surface area contributed by atoms with Gasteiger partial charge in [0.15, 0.2) is 6.10 Å². The highest BCUT2D eigenvalue weighted by atomic mass is 16.5. The highest BCUT2D eigenvalue weighted by molar-refractivity contribution is 5.77. The average Bonchev–Trinajstić information content (AvgIpc) is 2.47. The van der Waals surface area contributed by atoms with Crippen molar-refractivity contribution in [1.29, 1.82) is 0 Å². The van der Waals surface area contributed by atoms with Crippen molar-refractivity contribution in [3.63, 3.8) is 0 Å². The maximum Gasteiger partial charge on any atom is 0.334 e. The molecule has 116 valence electrons. The van der Waals surface area contributed by atoms with E-state index in [2.05, 4.69) is 0 Å². The Morgan fingerprint density at radius 3 is 2.55 bits per heavy atom. The van der Waals surface area contributed by atoms with E-state index in [0.717, 1.165) is 12.8 Å². The van der Waals surface area contributed by atoms with E-state index < -0.39 is 12.1 Å². The van der Waals surface area contributed by atoms with Crippen LogP contribution in [0.15, 0.2) is 0 Å². The molecule has 0 radical (unpaired) electrons. The summed E-state index contributed by atoms with van der Waals surface area (Å²) >= 11 is 0. The maximum absolute atomic E-state index is 12.5. The van der Waals surface area contributed by atoms with Crippen molar-refractivity contribution >= 4 is 12.0 Å². The van der Waals surface area contributed by atoms with E-state index in [-0.39, 0.29) is 38.4 Å². The van der Waals surface area contributed by atoms with Gasteiger partial charge in [-0.15, -0.1) is 0 Å². The van der Waals surface area contributed by atoms with E-state index >= 15 is 0 Å². The van der Waals surface area contributed by atoms with Crippen molar-refractivity contribution in [2.45, 2.75) is 38.8 Å². The number of amides is 2. The molecule has 0 aliphatic carbocycles. The molecule has 0 aromatic rings. The normalized spacial score (nSPS) is 19.2. The van der Waals surface area contributed by atoms with E-state index in [9.17, 15) is 9.59 Å². The number of hydrogen-bond donors (Lipinski definition) is 2. The summed E-state index contributed by atoms with van der Waals surface area (Å²) in [6.45, 7) is 4.80. The van der Waals surface area contributed by atoms with Crippen molar-refractivity contribution in [2.75, 3.05) is 32.8 Å². The Morgan fingerprint density at radius 2 is 2.05 bits per heavy atom. The van der Waals surface area contributed by atoms with Crippen molar-refractivity contribution < 1.29 is 24.5 Å². The number of ether oxygens (including phenoxy) is 1. The van der Waals surface area contributed by atoms with E-state index in [0.29, 0.717) is 6.54 Å². The molecule has 0 spiro atoms. The molecule has 7 nitrogen and oxygen atoms in total. The average molecular weight is 288 g/mol. The summed E-state index contributed by atoms with van der Waals surface area (Å²) in [5.74, 6) is -1.06. The van der Waals surface area contributed by atoms with Crippen molar-refractivity contribution in [3.8, 4) is 0 Å². The molecular formula is C13H24N2O5. The Hall–Kier alpha value is -1.34. The zero-order valence-electron chi connectivity index (χ0n) is 12.1. The Labute approximate surface area is 119 Å². The molecular weight excluding hydrogens is 264 g/mol. The first kappa shape index (κ1) is 16.7. The van der Waals surface area contributed by atoms with Crippen LogP contribution in [-0.2, 0) is 9.53 Å². The second kappa shape index (κ2) is 8.06. The van der Waals surface area contributed by atoms with Crippen LogP contribution in [0.3, 0.4) is 0 Å². The molecule has 2 amide bonds. The highest BCUT2D eigenvalue weighted by Gasteiger charge is 2.32. The van der Waals surface area contributed by atoms with Crippen LogP contribution in [0.2, 0.25) is 0 Å². The summed E-state index contributed by atoms with van der Waals surface area (Å²) in [6.07, 6.45) is 0.634. The number of aliphatic hydroxyl groups excluding tert-OH is 1. The zero-order valence-corrected chi connectivity index (χ0v) is 12.1. The fourth-order valence-electron chi connectivity index (χ4n) is 2.43. The number of carboxylic acids is 1. The van der Waals surface area contributed by atoms with Gasteiger partial charge in [0.25, 0.3) is 0 Å². The van der Waals surface area contributed by atoms with Gasteiger partial charge in [0.1, 0.15) is 0 Å². The van der Waals surface area contributed by atoms with Gasteiger partial charge >= 0.3 is 12.0 Å². The van der Waals surface area contributed by atoms with Crippen LogP contribution in [0.25, 0.3) is 0 Å². The minimum Gasteiger partial charge on any atom is -0.479 e. The number of aliphatic hydroxyl groups is 1. The van der Waals surface area contributed by atoms with Crippen LogP contribution in [0, 0.1) is 0 Å². The lowest BCUT2D eigenvalue weighted by molar-refractivity contribution is -0.154. The predicted octanol–water partition coefficient (Wildman–Crippen LogP) is 0.375. The first-order chi connectivity index (χ1) is 9.54. The Morgan fingerprint density at radius 1 is 1.40 bits per heavy atom. The number of aliphatic carboxylic acids is 1. The molecule has 20 heavy (non-hydrogen) atoms. The first-order valence-electron chi connectivity index (χ1n) is 7.05. The fourth-order valence-corrected chi connectivity index (χ4v) is 2.43. The Balaban J connectivity index is 2.75. The second-order valence-electron chi connectivity index (χ2n) is 4.81. The first-order valence-corrected chi connectivity index (χ1v) is 7.05. The largest absolute Gasteiger partial charge is 0.479 e. The lowest BCUT2D eigenvalue weighted by atomic mass is 10.1. The van der Waals surface area contributed by atoms with E-state index in [1.165, 1.54) is 4.90 Å². The molecule has 2 N–H and O–H groups in total. The smallest absolute Gasteiger partial charge is 0.334 e. The summed E-state index contributed by atoms with van der Waals surface area (Å²) in [6, 6.07) is -0.164. The number of urea groups is 1.